The predicted octanol–water partition coefficient (Wildman–Crippen LogP) is 2.39. The Hall–Kier alpha value is 1.02. The monoisotopic (exact) mass is 184 g/mol. The van der Waals surface area contributed by atoms with Crippen molar-refractivity contribution in [2.75, 3.05) is 0 Å². The molecule has 0 aliphatic carbocycles. The highest BCUT2D eigenvalue weighted by atomic mass is 27.2. The Labute approximate surface area is 84.0 Å². The first-order valence-electron chi connectivity index (χ1n) is 4.41. The van der Waals surface area contributed by atoms with Gasteiger partial charge in [0.15, 0.2) is 0 Å². The van der Waals surface area contributed by atoms with Crippen molar-refractivity contribution in [3.05, 3.63) is 0 Å². The standard InChI is InChI=1S/2C4H9.2Al.O/c2*1-4(2)3;;;/h2*4H,1H2,2-3H3;;;. The molecule has 0 aromatic heterocycles. The molecule has 0 unspecified atom stereocenters. The van der Waals surface area contributed by atoms with Crippen LogP contribution in [0.3, 0.4) is 0 Å². The highest BCUT2D eigenvalue weighted by molar-refractivity contribution is 6.42. The van der Waals surface area contributed by atoms with E-state index in [0.717, 1.165) is 11.8 Å². The van der Waals surface area contributed by atoms with Gasteiger partial charge >= 0.3 is 31.1 Å². The van der Waals surface area contributed by atoms with E-state index < -0.39 is 0 Å². The van der Waals surface area contributed by atoms with Crippen LogP contribution in [-0.4, -0.2) is 31.1 Å². The summed E-state index contributed by atoms with van der Waals surface area (Å²) in [5.41, 5.74) is 0. The van der Waals surface area contributed by atoms with Gasteiger partial charge in [-0.2, -0.15) is 0 Å². The minimum atomic E-state index is 0.304. The third-order valence-corrected chi connectivity index (χ3v) is 5.14. The maximum atomic E-state index is 5.62. The lowest BCUT2D eigenvalue weighted by Gasteiger charge is -2.05. The molecular weight excluding hydrogens is 166 g/mol. The Kier molecular flexibility index (Phi) is 8.38. The van der Waals surface area contributed by atoms with Crippen molar-refractivity contribution < 1.29 is 2.84 Å². The summed E-state index contributed by atoms with van der Waals surface area (Å²) >= 11 is 0.607. The molecule has 0 atom stereocenters. The van der Waals surface area contributed by atoms with Crippen LogP contribution in [0.5, 0.6) is 0 Å². The summed E-state index contributed by atoms with van der Waals surface area (Å²) in [6.45, 7) is 9.03. The zero-order valence-corrected chi connectivity index (χ0v) is 10.4. The average molecular weight is 184 g/mol. The number of hydrogen-bond donors (Lipinski definition) is 0. The molecular formula is C8H18Al2O. The van der Waals surface area contributed by atoms with Crippen LogP contribution in [0, 0.1) is 11.8 Å². The van der Waals surface area contributed by atoms with E-state index >= 15 is 0 Å². The molecule has 0 bridgehead atoms. The van der Waals surface area contributed by atoms with Gasteiger partial charge in [-0.25, -0.2) is 0 Å². The first-order valence-corrected chi connectivity index (χ1v) is 6.99. The van der Waals surface area contributed by atoms with Crippen LogP contribution in [-0.2, 0) is 2.84 Å². The largest absolute Gasteiger partial charge is 0.649 e. The van der Waals surface area contributed by atoms with Crippen molar-refractivity contribution >= 4 is 31.1 Å². The van der Waals surface area contributed by atoms with Gasteiger partial charge < -0.3 is 2.84 Å². The highest BCUT2D eigenvalue weighted by Crippen LogP contribution is 2.01. The molecule has 0 aromatic carbocycles. The maximum Gasteiger partial charge on any atom is 0.390 e. The van der Waals surface area contributed by atoms with Gasteiger partial charge in [0.2, 0.25) is 0 Å². The lowest BCUT2D eigenvalue weighted by Crippen LogP contribution is -2.07. The fourth-order valence-corrected chi connectivity index (χ4v) is 2.77. The van der Waals surface area contributed by atoms with Crippen LogP contribution >= 0.6 is 0 Å². The molecule has 0 N–H and O–H groups in total. The number of rotatable bonds is 6. The van der Waals surface area contributed by atoms with Gasteiger partial charge in [-0.15, -0.1) is 0 Å². The smallest absolute Gasteiger partial charge is 0.390 e. The van der Waals surface area contributed by atoms with E-state index in [9.17, 15) is 0 Å². The minimum Gasteiger partial charge on any atom is -0.649 e. The SMILES string of the molecule is CC(C)[CH2][Al][O][Al][CH2]C(C)C. The van der Waals surface area contributed by atoms with Gasteiger partial charge in [0.05, 0.1) is 0 Å². The fraction of sp³-hybridized carbons (Fsp3) is 1.00. The van der Waals surface area contributed by atoms with Crippen molar-refractivity contribution in [2.45, 2.75) is 38.3 Å². The molecule has 0 aliphatic rings. The van der Waals surface area contributed by atoms with E-state index in [1.807, 2.05) is 0 Å². The third kappa shape index (κ3) is 11.0. The van der Waals surface area contributed by atoms with Gasteiger partial charge in [-0.3, -0.25) is 0 Å². The molecule has 11 heavy (non-hydrogen) atoms. The van der Waals surface area contributed by atoms with Crippen LogP contribution in [0.2, 0.25) is 10.6 Å². The Morgan fingerprint density at radius 2 is 1.27 bits per heavy atom. The van der Waals surface area contributed by atoms with E-state index in [2.05, 4.69) is 27.7 Å². The van der Waals surface area contributed by atoms with E-state index in [-0.39, 0.29) is 0 Å². The van der Waals surface area contributed by atoms with Crippen LogP contribution in [0.25, 0.3) is 0 Å². The zero-order chi connectivity index (χ0) is 8.69. The second kappa shape index (κ2) is 7.66. The van der Waals surface area contributed by atoms with Gasteiger partial charge in [-0.1, -0.05) is 50.1 Å². The van der Waals surface area contributed by atoms with Gasteiger partial charge in [0.25, 0.3) is 0 Å². The van der Waals surface area contributed by atoms with E-state index in [0.29, 0.717) is 31.1 Å². The molecule has 3 heteroatoms. The van der Waals surface area contributed by atoms with Crippen molar-refractivity contribution in [3.8, 4) is 0 Å². The summed E-state index contributed by atoms with van der Waals surface area (Å²) in [5.74, 6) is 1.65. The molecule has 0 saturated heterocycles. The molecule has 0 heterocycles. The van der Waals surface area contributed by atoms with Crippen LogP contribution in [0.1, 0.15) is 27.7 Å². The average Bonchev–Trinajstić information content (AvgIpc) is 1.85. The number of hydrogen-bond acceptors (Lipinski definition) is 1. The summed E-state index contributed by atoms with van der Waals surface area (Å²) in [4.78, 5) is 0. The summed E-state index contributed by atoms with van der Waals surface area (Å²) in [6.07, 6.45) is 0. The van der Waals surface area contributed by atoms with Crippen molar-refractivity contribution in [2.24, 2.45) is 11.8 Å². The zero-order valence-electron chi connectivity index (χ0n) is 8.13. The topological polar surface area (TPSA) is 9.23 Å². The highest BCUT2D eigenvalue weighted by Gasteiger charge is 2.01. The normalized spacial score (nSPS) is 10.7. The van der Waals surface area contributed by atoms with Crippen molar-refractivity contribution in [1.29, 1.82) is 0 Å². The second-order valence-electron chi connectivity index (χ2n) is 3.73. The molecule has 0 aromatic rings. The molecule has 0 amide bonds. The lowest BCUT2D eigenvalue weighted by atomic mass is 10.3. The Morgan fingerprint density at radius 1 is 0.909 bits per heavy atom. The Bertz CT molecular complexity index is 74.2. The molecule has 0 saturated carbocycles. The second-order valence-corrected chi connectivity index (χ2v) is 6.43. The molecule has 62 valence electrons. The van der Waals surface area contributed by atoms with Gasteiger partial charge in [0, 0.05) is 0 Å². The third-order valence-electron chi connectivity index (χ3n) is 1.33. The lowest BCUT2D eigenvalue weighted by molar-refractivity contribution is 0.587. The summed E-state index contributed by atoms with van der Waals surface area (Å²) in [5, 5.41) is 2.59. The van der Waals surface area contributed by atoms with Gasteiger partial charge in [-0.05, 0) is 0 Å². The maximum absolute atomic E-state index is 5.62. The summed E-state index contributed by atoms with van der Waals surface area (Å²) in [7, 11) is 0. The van der Waals surface area contributed by atoms with Crippen LogP contribution in [0.4, 0.5) is 0 Å². The molecule has 0 spiro atoms. The van der Waals surface area contributed by atoms with E-state index in [1.54, 1.807) is 0 Å². The summed E-state index contributed by atoms with van der Waals surface area (Å²) < 4.78 is 5.62. The Balaban J connectivity index is 2.91. The fourth-order valence-electron chi connectivity index (χ4n) is 0.564. The molecule has 0 aliphatic heterocycles. The quantitative estimate of drug-likeness (QED) is 0.455. The van der Waals surface area contributed by atoms with E-state index in [4.69, 9.17) is 2.84 Å². The minimum absolute atomic E-state index is 0.304. The van der Waals surface area contributed by atoms with Crippen molar-refractivity contribution in [1.82, 2.24) is 0 Å². The first-order chi connectivity index (χ1) is 5.13. The predicted molar refractivity (Wildman–Crippen MR) is 51.9 cm³/mol. The molecule has 2 radical (unpaired) electrons. The van der Waals surface area contributed by atoms with Crippen LogP contribution < -0.4 is 0 Å². The molecule has 0 fully saturated rings. The first kappa shape index (κ1) is 12.0. The van der Waals surface area contributed by atoms with E-state index in [1.165, 1.54) is 10.6 Å². The molecule has 1 nitrogen and oxygen atoms in total. The van der Waals surface area contributed by atoms with Crippen LogP contribution in [0.15, 0.2) is 0 Å². The van der Waals surface area contributed by atoms with Gasteiger partial charge in [0.1, 0.15) is 0 Å². The Morgan fingerprint density at radius 3 is 1.55 bits per heavy atom. The summed E-state index contributed by atoms with van der Waals surface area (Å²) in [6, 6.07) is 0. The molecule has 0 rings (SSSR count). The van der Waals surface area contributed by atoms with Crippen molar-refractivity contribution in [3.63, 3.8) is 0 Å².